The second-order valence-corrected chi connectivity index (χ2v) is 4.57. The van der Waals surface area contributed by atoms with Crippen molar-refractivity contribution in [2.24, 2.45) is 0 Å². The Labute approximate surface area is 90.2 Å². The van der Waals surface area contributed by atoms with Crippen molar-refractivity contribution in [2.75, 3.05) is 0 Å². The van der Waals surface area contributed by atoms with Crippen molar-refractivity contribution < 1.29 is 4.79 Å². The van der Waals surface area contributed by atoms with Crippen LogP contribution in [0.1, 0.15) is 34.7 Å². The lowest BCUT2D eigenvalue weighted by molar-refractivity contribution is 0.112. The molecule has 1 aromatic rings. The zero-order chi connectivity index (χ0) is 9.42. The molecule has 1 fully saturated rings. The molecule has 1 nitrogen and oxygen atoms in total. The van der Waals surface area contributed by atoms with E-state index < -0.39 is 0 Å². The first-order valence-electron chi connectivity index (χ1n) is 4.16. The van der Waals surface area contributed by atoms with Crippen molar-refractivity contribution in [3.8, 4) is 0 Å². The number of hydrogen-bond donors (Lipinski definition) is 0. The van der Waals surface area contributed by atoms with Gasteiger partial charge in [-0.1, -0.05) is 27.5 Å². The van der Waals surface area contributed by atoms with Crippen LogP contribution < -0.4 is 0 Å². The molecule has 0 amide bonds. The minimum atomic E-state index is 0.562. The number of carbonyl (C=O) groups excluding carboxylic acids is 1. The van der Waals surface area contributed by atoms with Crippen LogP contribution in [0, 0.1) is 0 Å². The number of benzene rings is 1. The summed E-state index contributed by atoms with van der Waals surface area (Å²) in [5, 5.41) is 0.610. The zero-order valence-corrected chi connectivity index (χ0v) is 9.23. The molecule has 1 aliphatic rings. The van der Waals surface area contributed by atoms with Gasteiger partial charge in [0.25, 0.3) is 0 Å². The van der Waals surface area contributed by atoms with Crippen LogP contribution in [0.15, 0.2) is 16.6 Å². The lowest BCUT2D eigenvalue weighted by Gasteiger charge is -2.06. The van der Waals surface area contributed by atoms with Crippen LogP contribution in [-0.2, 0) is 0 Å². The lowest BCUT2D eigenvalue weighted by Crippen LogP contribution is -1.91. The number of halogens is 2. The van der Waals surface area contributed by atoms with Crippen LogP contribution in [0.3, 0.4) is 0 Å². The average Bonchev–Trinajstić information content (AvgIpc) is 2.86. The van der Waals surface area contributed by atoms with Crippen molar-refractivity contribution >= 4 is 33.8 Å². The summed E-state index contributed by atoms with van der Waals surface area (Å²) < 4.78 is 0.963. The summed E-state index contributed by atoms with van der Waals surface area (Å²) in [6.07, 6.45) is 3.24. The minimum Gasteiger partial charge on any atom is -0.298 e. The number of aldehydes is 1. The van der Waals surface area contributed by atoms with Gasteiger partial charge in [-0.3, -0.25) is 4.79 Å². The van der Waals surface area contributed by atoms with E-state index in [4.69, 9.17) is 11.6 Å². The van der Waals surface area contributed by atoms with Gasteiger partial charge in [-0.2, -0.15) is 0 Å². The molecule has 0 atom stereocenters. The van der Waals surface area contributed by atoms with Crippen LogP contribution >= 0.6 is 27.5 Å². The Morgan fingerprint density at radius 1 is 1.46 bits per heavy atom. The highest BCUT2D eigenvalue weighted by molar-refractivity contribution is 9.10. The van der Waals surface area contributed by atoms with Crippen LogP contribution in [0.25, 0.3) is 0 Å². The first-order valence-corrected chi connectivity index (χ1v) is 5.33. The Morgan fingerprint density at radius 2 is 2.15 bits per heavy atom. The summed E-state index contributed by atoms with van der Waals surface area (Å²) in [7, 11) is 0. The Kier molecular flexibility index (Phi) is 2.43. The molecular weight excluding hydrogens is 251 g/mol. The van der Waals surface area contributed by atoms with Crippen molar-refractivity contribution in [3.05, 3.63) is 32.8 Å². The van der Waals surface area contributed by atoms with E-state index in [9.17, 15) is 4.79 Å². The van der Waals surface area contributed by atoms with Gasteiger partial charge in [0, 0.05) is 15.1 Å². The molecule has 0 N–H and O–H groups in total. The summed E-state index contributed by atoms with van der Waals surface area (Å²) in [4.78, 5) is 10.8. The van der Waals surface area contributed by atoms with Crippen LogP contribution in [0.5, 0.6) is 0 Å². The normalized spacial score (nSPS) is 15.8. The third kappa shape index (κ3) is 1.79. The Balaban J connectivity index is 2.56. The van der Waals surface area contributed by atoms with E-state index in [1.165, 1.54) is 12.8 Å². The molecule has 0 aliphatic heterocycles. The summed E-state index contributed by atoms with van der Waals surface area (Å²) >= 11 is 9.27. The Bertz CT molecular complexity index is 358. The lowest BCUT2D eigenvalue weighted by atomic mass is 10.0. The standard InChI is InChI=1S/C10H8BrClO/c11-9-4-8(12)3-7(5-13)10(9)6-1-2-6/h3-6H,1-2H2. The highest BCUT2D eigenvalue weighted by Gasteiger charge is 2.28. The highest BCUT2D eigenvalue weighted by Crippen LogP contribution is 2.45. The van der Waals surface area contributed by atoms with Gasteiger partial charge in [-0.25, -0.2) is 0 Å². The smallest absolute Gasteiger partial charge is 0.150 e. The fraction of sp³-hybridized carbons (Fsp3) is 0.300. The van der Waals surface area contributed by atoms with E-state index in [1.54, 1.807) is 6.07 Å². The van der Waals surface area contributed by atoms with Gasteiger partial charge in [-0.05, 0) is 36.5 Å². The molecule has 0 unspecified atom stereocenters. The summed E-state index contributed by atoms with van der Waals surface area (Å²) in [5.74, 6) is 0.562. The number of carbonyl (C=O) groups is 1. The molecule has 0 saturated heterocycles. The van der Waals surface area contributed by atoms with Crippen molar-refractivity contribution in [3.63, 3.8) is 0 Å². The largest absolute Gasteiger partial charge is 0.298 e. The number of hydrogen-bond acceptors (Lipinski definition) is 1. The van der Waals surface area contributed by atoms with Gasteiger partial charge in [0.15, 0.2) is 0 Å². The van der Waals surface area contributed by atoms with Gasteiger partial charge in [-0.15, -0.1) is 0 Å². The maximum absolute atomic E-state index is 10.8. The molecule has 68 valence electrons. The van der Waals surface area contributed by atoms with E-state index in [-0.39, 0.29) is 0 Å². The second kappa shape index (κ2) is 3.43. The third-order valence-corrected chi connectivity index (χ3v) is 3.11. The van der Waals surface area contributed by atoms with Crippen LogP contribution in [0.4, 0.5) is 0 Å². The summed E-state index contributed by atoms with van der Waals surface area (Å²) in [6.45, 7) is 0. The molecule has 0 aromatic heterocycles. The fourth-order valence-electron chi connectivity index (χ4n) is 1.50. The first-order chi connectivity index (χ1) is 6.22. The molecule has 0 radical (unpaired) electrons. The monoisotopic (exact) mass is 258 g/mol. The fourth-order valence-corrected chi connectivity index (χ4v) is 2.66. The van der Waals surface area contributed by atoms with Crippen molar-refractivity contribution in [1.29, 1.82) is 0 Å². The molecule has 1 aromatic carbocycles. The molecule has 0 spiro atoms. The van der Waals surface area contributed by atoms with Gasteiger partial charge in [0.05, 0.1) is 0 Å². The topological polar surface area (TPSA) is 17.1 Å². The second-order valence-electron chi connectivity index (χ2n) is 3.28. The van der Waals surface area contributed by atoms with Gasteiger partial charge < -0.3 is 0 Å². The van der Waals surface area contributed by atoms with Gasteiger partial charge >= 0.3 is 0 Å². The molecule has 3 heteroatoms. The third-order valence-electron chi connectivity index (χ3n) is 2.24. The molecule has 0 bridgehead atoms. The first kappa shape index (κ1) is 9.22. The van der Waals surface area contributed by atoms with Gasteiger partial charge in [0.1, 0.15) is 6.29 Å². The van der Waals surface area contributed by atoms with Crippen molar-refractivity contribution in [1.82, 2.24) is 0 Å². The quantitative estimate of drug-likeness (QED) is 0.739. The van der Waals surface area contributed by atoms with Crippen LogP contribution in [0.2, 0.25) is 5.02 Å². The summed E-state index contributed by atoms with van der Waals surface area (Å²) in [6, 6.07) is 3.58. The molecule has 13 heavy (non-hydrogen) atoms. The zero-order valence-electron chi connectivity index (χ0n) is 6.89. The van der Waals surface area contributed by atoms with Crippen LogP contribution in [-0.4, -0.2) is 6.29 Å². The SMILES string of the molecule is O=Cc1cc(Cl)cc(Br)c1C1CC1. The van der Waals surface area contributed by atoms with E-state index in [0.717, 1.165) is 21.9 Å². The molecule has 1 saturated carbocycles. The van der Waals surface area contributed by atoms with E-state index >= 15 is 0 Å². The molecular formula is C10H8BrClO. The predicted molar refractivity (Wildman–Crippen MR) is 56.5 cm³/mol. The maximum Gasteiger partial charge on any atom is 0.150 e. The highest BCUT2D eigenvalue weighted by atomic mass is 79.9. The average molecular weight is 260 g/mol. The summed E-state index contributed by atoms with van der Waals surface area (Å²) in [5.41, 5.74) is 1.85. The molecule has 0 heterocycles. The predicted octanol–water partition coefficient (Wildman–Crippen LogP) is 3.79. The minimum absolute atomic E-state index is 0.562. The van der Waals surface area contributed by atoms with Crippen molar-refractivity contribution in [2.45, 2.75) is 18.8 Å². The molecule has 2 rings (SSSR count). The number of rotatable bonds is 2. The van der Waals surface area contributed by atoms with Gasteiger partial charge in [0.2, 0.25) is 0 Å². The molecule has 1 aliphatic carbocycles. The Hall–Kier alpha value is -0.340. The van der Waals surface area contributed by atoms with E-state index in [0.29, 0.717) is 10.9 Å². The van der Waals surface area contributed by atoms with E-state index in [2.05, 4.69) is 15.9 Å². The Morgan fingerprint density at radius 3 is 2.69 bits per heavy atom. The van der Waals surface area contributed by atoms with E-state index in [1.807, 2.05) is 6.07 Å². The maximum atomic E-state index is 10.8.